The lowest BCUT2D eigenvalue weighted by Crippen LogP contribution is -2.14. The van der Waals surface area contributed by atoms with Crippen LogP contribution in [-0.4, -0.2) is 13.2 Å². The van der Waals surface area contributed by atoms with Crippen LogP contribution < -0.4 is 10.5 Å². The Bertz CT molecular complexity index is 331. The van der Waals surface area contributed by atoms with Gasteiger partial charge in [0.15, 0.2) is 0 Å². The smallest absolute Gasteiger partial charge is 0.130 e. The third-order valence-electron chi connectivity index (χ3n) is 2.14. The molecule has 2 nitrogen and oxygen atoms in total. The molecule has 0 atom stereocenters. The second-order valence-electron chi connectivity index (χ2n) is 4.53. The van der Waals surface area contributed by atoms with Gasteiger partial charge in [-0.15, -0.1) is 0 Å². The highest BCUT2D eigenvalue weighted by Gasteiger charge is 2.18. The average molecular weight is 211 g/mol. The van der Waals surface area contributed by atoms with E-state index in [1.165, 1.54) is 6.07 Å². The highest BCUT2D eigenvalue weighted by molar-refractivity contribution is 5.32. The van der Waals surface area contributed by atoms with E-state index in [1.807, 2.05) is 20.8 Å². The van der Waals surface area contributed by atoms with E-state index in [0.717, 1.165) is 0 Å². The van der Waals surface area contributed by atoms with Crippen molar-refractivity contribution in [3.63, 3.8) is 0 Å². The molecule has 0 saturated carbocycles. The molecule has 1 aromatic rings. The second-order valence-corrected chi connectivity index (χ2v) is 4.53. The van der Waals surface area contributed by atoms with Crippen LogP contribution in [-0.2, 0) is 5.41 Å². The third kappa shape index (κ3) is 3.20. The van der Waals surface area contributed by atoms with Gasteiger partial charge in [0.2, 0.25) is 0 Å². The molecule has 0 aliphatic heterocycles. The quantitative estimate of drug-likeness (QED) is 0.833. The molecule has 0 radical (unpaired) electrons. The predicted octanol–water partition coefficient (Wildman–Crippen LogP) is 2.46. The fraction of sp³-hybridized carbons (Fsp3) is 0.500. The van der Waals surface area contributed by atoms with E-state index in [4.69, 9.17) is 10.5 Å². The Balaban J connectivity index is 2.89. The first kappa shape index (κ1) is 12.0. The van der Waals surface area contributed by atoms with Crippen LogP contribution >= 0.6 is 0 Å². The monoisotopic (exact) mass is 211 g/mol. The Kier molecular flexibility index (Phi) is 3.69. The van der Waals surface area contributed by atoms with Gasteiger partial charge in [-0.05, 0) is 17.0 Å². The minimum atomic E-state index is -0.225. The van der Waals surface area contributed by atoms with Crippen molar-refractivity contribution in [1.29, 1.82) is 0 Å². The molecule has 84 valence electrons. The number of hydrogen-bond acceptors (Lipinski definition) is 2. The first-order valence-corrected chi connectivity index (χ1v) is 5.08. The molecule has 3 heteroatoms. The summed E-state index contributed by atoms with van der Waals surface area (Å²) in [5.74, 6) is 0.308. The molecule has 0 unspecified atom stereocenters. The molecule has 2 N–H and O–H groups in total. The molecule has 0 heterocycles. The van der Waals surface area contributed by atoms with Crippen molar-refractivity contribution in [3.8, 4) is 5.75 Å². The van der Waals surface area contributed by atoms with Gasteiger partial charge in [0, 0.05) is 12.6 Å². The minimum absolute atomic E-state index is 0.184. The summed E-state index contributed by atoms with van der Waals surface area (Å²) in [5.41, 5.74) is 5.81. The van der Waals surface area contributed by atoms with Crippen molar-refractivity contribution in [2.24, 2.45) is 5.73 Å². The maximum Gasteiger partial charge on any atom is 0.130 e. The van der Waals surface area contributed by atoms with Crippen LogP contribution in [0, 0.1) is 5.82 Å². The molecule has 0 bridgehead atoms. The Labute approximate surface area is 90.2 Å². The summed E-state index contributed by atoms with van der Waals surface area (Å²) < 4.78 is 18.9. The van der Waals surface area contributed by atoms with Crippen molar-refractivity contribution in [2.75, 3.05) is 13.2 Å². The molecule has 0 aliphatic rings. The zero-order valence-corrected chi connectivity index (χ0v) is 9.51. The zero-order valence-electron chi connectivity index (χ0n) is 9.51. The normalized spacial score (nSPS) is 11.5. The minimum Gasteiger partial charge on any atom is -0.492 e. The van der Waals surface area contributed by atoms with E-state index in [9.17, 15) is 4.39 Å². The van der Waals surface area contributed by atoms with Crippen LogP contribution in [0.2, 0.25) is 0 Å². The van der Waals surface area contributed by atoms with Crippen molar-refractivity contribution >= 4 is 0 Å². The lowest BCUT2D eigenvalue weighted by molar-refractivity contribution is 0.326. The van der Waals surface area contributed by atoms with Crippen molar-refractivity contribution in [3.05, 3.63) is 29.6 Å². The Morgan fingerprint density at radius 1 is 1.33 bits per heavy atom. The number of halogens is 1. The van der Waals surface area contributed by atoms with Gasteiger partial charge in [-0.1, -0.05) is 26.8 Å². The first-order valence-electron chi connectivity index (χ1n) is 5.08. The van der Waals surface area contributed by atoms with Gasteiger partial charge in [0.25, 0.3) is 0 Å². The van der Waals surface area contributed by atoms with E-state index in [-0.39, 0.29) is 11.2 Å². The summed E-state index contributed by atoms with van der Waals surface area (Å²) in [6.07, 6.45) is 0. The maximum absolute atomic E-state index is 13.7. The fourth-order valence-electron chi connectivity index (χ4n) is 1.37. The Hall–Kier alpha value is -1.09. The molecule has 0 aliphatic carbocycles. The van der Waals surface area contributed by atoms with Crippen LogP contribution in [0.15, 0.2) is 18.2 Å². The predicted molar refractivity (Wildman–Crippen MR) is 59.6 cm³/mol. The molecule has 15 heavy (non-hydrogen) atoms. The summed E-state index contributed by atoms with van der Waals surface area (Å²) >= 11 is 0. The lowest BCUT2D eigenvalue weighted by Gasteiger charge is -2.20. The van der Waals surface area contributed by atoms with Gasteiger partial charge in [-0.25, -0.2) is 4.39 Å². The van der Waals surface area contributed by atoms with E-state index in [2.05, 4.69) is 0 Å². The van der Waals surface area contributed by atoms with E-state index in [1.54, 1.807) is 12.1 Å². The number of ether oxygens (including phenoxy) is 1. The lowest BCUT2D eigenvalue weighted by atomic mass is 9.87. The van der Waals surface area contributed by atoms with Gasteiger partial charge in [0.1, 0.15) is 18.2 Å². The third-order valence-corrected chi connectivity index (χ3v) is 2.14. The van der Waals surface area contributed by atoms with Gasteiger partial charge in [-0.2, -0.15) is 0 Å². The summed E-state index contributed by atoms with van der Waals surface area (Å²) in [6.45, 7) is 6.78. The molecule has 1 aromatic carbocycles. The molecular weight excluding hydrogens is 193 g/mol. The van der Waals surface area contributed by atoms with Crippen LogP contribution in [0.3, 0.4) is 0 Å². The van der Waals surface area contributed by atoms with Crippen molar-refractivity contribution < 1.29 is 9.13 Å². The summed E-state index contributed by atoms with van der Waals surface area (Å²) in [6, 6.07) is 4.96. The van der Waals surface area contributed by atoms with Crippen molar-refractivity contribution in [2.45, 2.75) is 26.2 Å². The van der Waals surface area contributed by atoms with Gasteiger partial charge in [0.05, 0.1) is 0 Å². The summed E-state index contributed by atoms with van der Waals surface area (Å²) in [4.78, 5) is 0. The number of benzene rings is 1. The van der Waals surface area contributed by atoms with E-state index < -0.39 is 0 Å². The molecule has 0 fully saturated rings. The van der Waals surface area contributed by atoms with E-state index >= 15 is 0 Å². The molecule has 0 saturated heterocycles. The summed E-state index contributed by atoms with van der Waals surface area (Å²) in [5, 5.41) is 0. The van der Waals surface area contributed by atoms with Crippen molar-refractivity contribution in [1.82, 2.24) is 0 Å². The van der Waals surface area contributed by atoms with Gasteiger partial charge < -0.3 is 10.5 Å². The first-order chi connectivity index (χ1) is 6.95. The van der Waals surface area contributed by atoms with Crippen LogP contribution in [0.4, 0.5) is 4.39 Å². The largest absolute Gasteiger partial charge is 0.492 e. The number of hydrogen-bond donors (Lipinski definition) is 1. The van der Waals surface area contributed by atoms with Gasteiger partial charge >= 0.3 is 0 Å². The second kappa shape index (κ2) is 4.62. The molecule has 0 aromatic heterocycles. The van der Waals surface area contributed by atoms with E-state index in [0.29, 0.717) is 24.5 Å². The molecule has 0 spiro atoms. The topological polar surface area (TPSA) is 35.2 Å². The standard InChI is InChI=1S/C12H18FNO/c1-12(2,3)10-5-4-9(8-11(10)13)15-7-6-14/h4-5,8H,6-7,14H2,1-3H3. The van der Waals surface area contributed by atoms with Crippen LogP contribution in [0.5, 0.6) is 5.75 Å². The average Bonchev–Trinajstić information content (AvgIpc) is 2.12. The molecule has 1 rings (SSSR count). The fourth-order valence-corrected chi connectivity index (χ4v) is 1.37. The highest BCUT2D eigenvalue weighted by atomic mass is 19.1. The zero-order chi connectivity index (χ0) is 11.5. The molecule has 0 amide bonds. The van der Waals surface area contributed by atoms with Crippen LogP contribution in [0.25, 0.3) is 0 Å². The van der Waals surface area contributed by atoms with Gasteiger partial charge in [-0.3, -0.25) is 0 Å². The highest BCUT2D eigenvalue weighted by Crippen LogP contribution is 2.27. The molecular formula is C12H18FNO. The number of rotatable bonds is 3. The SMILES string of the molecule is CC(C)(C)c1ccc(OCCN)cc1F. The maximum atomic E-state index is 13.7. The number of nitrogens with two attached hydrogens (primary N) is 1. The van der Waals surface area contributed by atoms with Crippen LogP contribution in [0.1, 0.15) is 26.3 Å². The summed E-state index contributed by atoms with van der Waals surface area (Å²) in [7, 11) is 0. The Morgan fingerprint density at radius 3 is 2.47 bits per heavy atom. The Morgan fingerprint density at radius 2 is 2.00 bits per heavy atom.